The molecule has 0 bridgehead atoms. The highest BCUT2D eigenvalue weighted by Gasteiger charge is 2.18. The second-order valence-corrected chi connectivity index (χ2v) is 5.69. The quantitative estimate of drug-likeness (QED) is 0.787. The molecule has 0 unspecified atom stereocenters. The molecule has 1 aromatic carbocycles. The second kappa shape index (κ2) is 6.21. The van der Waals surface area contributed by atoms with Crippen molar-refractivity contribution in [3.8, 4) is 5.69 Å². The van der Waals surface area contributed by atoms with Crippen LogP contribution in [0.4, 0.5) is 5.95 Å². The zero-order valence-electron chi connectivity index (χ0n) is 12.8. The number of aromatic amines is 1. The topological polar surface area (TPSA) is 65.9 Å². The smallest absolute Gasteiger partial charge is 0.221 e. The first-order valence-electron chi connectivity index (χ1n) is 7.80. The summed E-state index contributed by atoms with van der Waals surface area (Å²) < 4.78 is 1.89. The van der Waals surface area contributed by atoms with Gasteiger partial charge in [0, 0.05) is 45.1 Å². The predicted octanol–water partition coefficient (Wildman–Crippen LogP) is 1.31. The summed E-state index contributed by atoms with van der Waals surface area (Å²) in [6.45, 7) is 4.93. The lowest BCUT2D eigenvalue weighted by Gasteiger charge is -2.34. The molecule has 7 nitrogen and oxygen atoms in total. The van der Waals surface area contributed by atoms with Gasteiger partial charge in [0.15, 0.2) is 0 Å². The first kappa shape index (κ1) is 14.0. The maximum absolute atomic E-state index is 4.29. The zero-order valence-corrected chi connectivity index (χ0v) is 12.8. The van der Waals surface area contributed by atoms with Crippen LogP contribution in [0.5, 0.6) is 0 Å². The summed E-state index contributed by atoms with van der Waals surface area (Å²) in [5.74, 6) is 0.866. The van der Waals surface area contributed by atoms with Crippen LogP contribution in [0.25, 0.3) is 5.69 Å². The van der Waals surface area contributed by atoms with Crippen molar-refractivity contribution in [3.63, 3.8) is 0 Å². The standard InChI is InChI=1S/C16H19N7/c1-3-14(11-15(4-1)23-6-2-5-19-23)12-21-7-9-22(10-8-21)16-17-13-18-20-16/h1-6,11,13H,7-10,12H2,(H,17,18,20). The fourth-order valence-corrected chi connectivity index (χ4v) is 2.95. The van der Waals surface area contributed by atoms with Crippen LogP contribution >= 0.6 is 0 Å². The number of hydrogen-bond acceptors (Lipinski definition) is 5. The molecule has 1 aliphatic rings. The number of aromatic nitrogens is 5. The van der Waals surface area contributed by atoms with Crippen molar-refractivity contribution in [2.75, 3.05) is 31.1 Å². The lowest BCUT2D eigenvalue weighted by Crippen LogP contribution is -2.46. The molecule has 3 aromatic rings. The molecule has 118 valence electrons. The maximum Gasteiger partial charge on any atom is 0.221 e. The first-order valence-corrected chi connectivity index (χ1v) is 7.80. The third-order valence-corrected chi connectivity index (χ3v) is 4.16. The molecule has 0 radical (unpaired) electrons. The Morgan fingerprint density at radius 1 is 1.09 bits per heavy atom. The summed E-state index contributed by atoms with van der Waals surface area (Å²) in [6.07, 6.45) is 5.33. The fourth-order valence-electron chi connectivity index (χ4n) is 2.95. The van der Waals surface area contributed by atoms with Crippen molar-refractivity contribution in [1.29, 1.82) is 0 Å². The van der Waals surface area contributed by atoms with Crippen LogP contribution < -0.4 is 4.90 Å². The number of nitrogens with zero attached hydrogens (tertiary/aromatic N) is 6. The summed E-state index contributed by atoms with van der Waals surface area (Å²) in [7, 11) is 0. The van der Waals surface area contributed by atoms with Gasteiger partial charge >= 0.3 is 0 Å². The minimum atomic E-state index is 0.866. The van der Waals surface area contributed by atoms with Crippen molar-refractivity contribution < 1.29 is 0 Å². The minimum Gasteiger partial charge on any atom is -0.339 e. The highest BCUT2D eigenvalue weighted by Crippen LogP contribution is 2.14. The molecular weight excluding hydrogens is 290 g/mol. The SMILES string of the molecule is c1cc(CN2CCN(c3ncn[nH]3)CC2)cc(-n2cccn2)c1. The van der Waals surface area contributed by atoms with Gasteiger partial charge in [0.1, 0.15) is 6.33 Å². The summed E-state index contributed by atoms with van der Waals surface area (Å²) in [6, 6.07) is 10.5. The zero-order chi connectivity index (χ0) is 15.5. The molecule has 0 amide bonds. The van der Waals surface area contributed by atoms with E-state index in [-0.39, 0.29) is 0 Å². The third kappa shape index (κ3) is 3.09. The van der Waals surface area contributed by atoms with Crippen molar-refractivity contribution in [3.05, 3.63) is 54.6 Å². The fraction of sp³-hybridized carbons (Fsp3) is 0.312. The van der Waals surface area contributed by atoms with E-state index in [2.05, 4.69) is 54.3 Å². The number of rotatable bonds is 4. The summed E-state index contributed by atoms with van der Waals surface area (Å²) in [4.78, 5) is 8.93. The monoisotopic (exact) mass is 309 g/mol. The summed E-state index contributed by atoms with van der Waals surface area (Å²) >= 11 is 0. The third-order valence-electron chi connectivity index (χ3n) is 4.16. The van der Waals surface area contributed by atoms with Crippen LogP contribution in [0.1, 0.15) is 5.56 Å². The Kier molecular flexibility index (Phi) is 3.77. The van der Waals surface area contributed by atoms with Crippen LogP contribution in [0.3, 0.4) is 0 Å². The molecular formula is C16H19N7. The maximum atomic E-state index is 4.29. The minimum absolute atomic E-state index is 0.866. The van der Waals surface area contributed by atoms with Gasteiger partial charge in [0.2, 0.25) is 5.95 Å². The summed E-state index contributed by atoms with van der Waals surface area (Å²) in [5, 5.41) is 11.1. The van der Waals surface area contributed by atoms with Gasteiger partial charge in [-0.3, -0.25) is 4.90 Å². The molecule has 2 aromatic heterocycles. The Bertz CT molecular complexity index is 728. The molecule has 1 N–H and O–H groups in total. The molecule has 4 rings (SSSR count). The molecule has 0 spiro atoms. The second-order valence-electron chi connectivity index (χ2n) is 5.69. The van der Waals surface area contributed by atoms with Gasteiger partial charge in [-0.05, 0) is 23.8 Å². The van der Waals surface area contributed by atoms with Crippen LogP contribution in [0.2, 0.25) is 0 Å². The Labute approximate surface area is 134 Å². The Morgan fingerprint density at radius 2 is 2.00 bits per heavy atom. The highest BCUT2D eigenvalue weighted by molar-refractivity contribution is 5.35. The van der Waals surface area contributed by atoms with Gasteiger partial charge in [0.25, 0.3) is 0 Å². The van der Waals surface area contributed by atoms with E-state index in [0.717, 1.165) is 44.4 Å². The van der Waals surface area contributed by atoms with Gasteiger partial charge in [-0.15, -0.1) is 0 Å². The van der Waals surface area contributed by atoms with Crippen molar-refractivity contribution in [2.24, 2.45) is 0 Å². The van der Waals surface area contributed by atoms with Crippen LogP contribution in [-0.4, -0.2) is 56.0 Å². The van der Waals surface area contributed by atoms with Gasteiger partial charge in [-0.2, -0.15) is 15.2 Å². The molecule has 3 heterocycles. The van der Waals surface area contributed by atoms with E-state index >= 15 is 0 Å². The van der Waals surface area contributed by atoms with Crippen LogP contribution in [0, 0.1) is 0 Å². The van der Waals surface area contributed by atoms with Crippen molar-refractivity contribution in [1.82, 2.24) is 29.9 Å². The van der Waals surface area contributed by atoms with Gasteiger partial charge in [-0.25, -0.2) is 9.78 Å². The average molecular weight is 309 g/mol. The van der Waals surface area contributed by atoms with E-state index in [0.29, 0.717) is 0 Å². The number of anilines is 1. The largest absolute Gasteiger partial charge is 0.339 e. The van der Waals surface area contributed by atoms with E-state index in [1.54, 1.807) is 12.5 Å². The first-order chi connectivity index (χ1) is 11.4. The Balaban J connectivity index is 1.39. The normalized spacial score (nSPS) is 15.9. The molecule has 23 heavy (non-hydrogen) atoms. The molecule has 1 fully saturated rings. The molecule has 1 saturated heterocycles. The Hall–Kier alpha value is -2.67. The van der Waals surface area contributed by atoms with E-state index in [4.69, 9.17) is 0 Å². The molecule has 7 heteroatoms. The number of piperazine rings is 1. The van der Waals surface area contributed by atoms with Crippen molar-refractivity contribution in [2.45, 2.75) is 6.54 Å². The van der Waals surface area contributed by atoms with E-state index < -0.39 is 0 Å². The van der Waals surface area contributed by atoms with Crippen molar-refractivity contribution >= 4 is 5.95 Å². The van der Waals surface area contributed by atoms with E-state index in [9.17, 15) is 0 Å². The molecule has 0 aliphatic carbocycles. The lowest BCUT2D eigenvalue weighted by molar-refractivity contribution is 0.249. The molecule has 0 atom stereocenters. The molecule has 1 aliphatic heterocycles. The number of nitrogens with one attached hydrogen (secondary N) is 1. The Morgan fingerprint density at radius 3 is 2.74 bits per heavy atom. The van der Waals surface area contributed by atoms with Crippen LogP contribution in [-0.2, 0) is 6.54 Å². The number of benzene rings is 1. The lowest BCUT2D eigenvalue weighted by atomic mass is 10.1. The average Bonchev–Trinajstić information content (AvgIpc) is 3.30. The predicted molar refractivity (Wildman–Crippen MR) is 87.4 cm³/mol. The van der Waals surface area contributed by atoms with Crippen LogP contribution in [0.15, 0.2) is 49.1 Å². The number of hydrogen-bond donors (Lipinski definition) is 1. The van der Waals surface area contributed by atoms with E-state index in [1.165, 1.54) is 5.56 Å². The summed E-state index contributed by atoms with van der Waals surface area (Å²) in [5.41, 5.74) is 2.42. The highest BCUT2D eigenvalue weighted by atomic mass is 15.4. The molecule has 0 saturated carbocycles. The number of H-pyrrole nitrogens is 1. The van der Waals surface area contributed by atoms with Gasteiger partial charge in [0.05, 0.1) is 5.69 Å². The van der Waals surface area contributed by atoms with Gasteiger partial charge in [-0.1, -0.05) is 12.1 Å². The van der Waals surface area contributed by atoms with E-state index in [1.807, 2.05) is 16.9 Å². The van der Waals surface area contributed by atoms with Gasteiger partial charge < -0.3 is 4.90 Å².